The first kappa shape index (κ1) is 23.0. The zero-order chi connectivity index (χ0) is 22.6. The highest BCUT2D eigenvalue weighted by molar-refractivity contribution is 5.99. The Morgan fingerprint density at radius 2 is 1.81 bits per heavy atom. The maximum Gasteiger partial charge on any atom is 0.254 e. The van der Waals surface area contributed by atoms with Crippen LogP contribution in [0.2, 0.25) is 0 Å². The molecule has 1 aliphatic heterocycles. The van der Waals surface area contributed by atoms with Gasteiger partial charge in [-0.2, -0.15) is 0 Å². The third-order valence-corrected chi connectivity index (χ3v) is 5.95. The molecule has 166 valence electrons. The molecule has 2 aromatic rings. The quantitative estimate of drug-likeness (QED) is 0.723. The van der Waals surface area contributed by atoms with Crippen LogP contribution < -0.4 is 5.32 Å². The van der Waals surface area contributed by atoms with Crippen molar-refractivity contribution in [1.82, 2.24) is 4.90 Å². The molecule has 1 atom stereocenters. The average Bonchev–Trinajstić information content (AvgIpc) is 3.23. The molecule has 5 nitrogen and oxygen atoms in total. The molecule has 0 saturated carbocycles. The van der Waals surface area contributed by atoms with Gasteiger partial charge in [0.25, 0.3) is 5.91 Å². The predicted molar refractivity (Wildman–Crippen MR) is 125 cm³/mol. The Balaban J connectivity index is 1.76. The monoisotopic (exact) mass is 422 g/mol. The average molecular weight is 423 g/mol. The van der Waals surface area contributed by atoms with Crippen LogP contribution in [0.15, 0.2) is 42.5 Å². The first-order valence-corrected chi connectivity index (χ1v) is 11.0. The van der Waals surface area contributed by atoms with Gasteiger partial charge in [-0.3, -0.25) is 9.59 Å². The molecule has 0 radical (unpaired) electrons. The van der Waals surface area contributed by atoms with Crippen LogP contribution in [-0.2, 0) is 14.9 Å². The maximum absolute atomic E-state index is 13.3. The molecule has 5 heteroatoms. The molecule has 3 rings (SSSR count). The number of carbonyl (C=O) groups is 2. The first-order chi connectivity index (χ1) is 14.6. The van der Waals surface area contributed by atoms with Crippen molar-refractivity contribution in [2.24, 2.45) is 0 Å². The van der Waals surface area contributed by atoms with E-state index in [1.807, 2.05) is 56.3 Å². The summed E-state index contributed by atoms with van der Waals surface area (Å²) < 4.78 is 5.74. The molecule has 2 amide bonds. The van der Waals surface area contributed by atoms with Gasteiger partial charge in [0.15, 0.2) is 0 Å². The minimum atomic E-state index is -0.202. The van der Waals surface area contributed by atoms with Crippen molar-refractivity contribution in [3.63, 3.8) is 0 Å². The lowest BCUT2D eigenvalue weighted by molar-refractivity contribution is -0.117. The van der Waals surface area contributed by atoms with Crippen LogP contribution in [0, 0.1) is 13.8 Å². The molecule has 0 aliphatic carbocycles. The van der Waals surface area contributed by atoms with Gasteiger partial charge in [0.05, 0.1) is 6.10 Å². The van der Waals surface area contributed by atoms with Crippen molar-refractivity contribution in [2.75, 3.05) is 25.0 Å². The van der Waals surface area contributed by atoms with E-state index in [0.717, 1.165) is 29.7 Å². The van der Waals surface area contributed by atoms with Gasteiger partial charge in [-0.15, -0.1) is 0 Å². The summed E-state index contributed by atoms with van der Waals surface area (Å²) in [5.74, 6) is -0.349. The lowest BCUT2D eigenvalue weighted by atomic mass is 9.86. The third kappa shape index (κ3) is 5.95. The van der Waals surface area contributed by atoms with E-state index < -0.39 is 0 Å². The Labute approximate surface area is 185 Å². The van der Waals surface area contributed by atoms with Gasteiger partial charge >= 0.3 is 0 Å². The zero-order valence-corrected chi connectivity index (χ0v) is 19.3. The Bertz CT molecular complexity index is 923. The Morgan fingerprint density at radius 1 is 1.10 bits per heavy atom. The van der Waals surface area contributed by atoms with Gasteiger partial charge in [0.2, 0.25) is 5.91 Å². The molecule has 0 spiro atoms. The van der Waals surface area contributed by atoms with Gasteiger partial charge in [-0.1, -0.05) is 45.0 Å². The van der Waals surface area contributed by atoms with Crippen molar-refractivity contribution < 1.29 is 14.3 Å². The minimum Gasteiger partial charge on any atom is -0.376 e. The van der Waals surface area contributed by atoms with Crippen LogP contribution in [0.3, 0.4) is 0 Å². The molecule has 1 aliphatic rings. The summed E-state index contributed by atoms with van der Waals surface area (Å²) in [5, 5.41) is 2.97. The zero-order valence-electron chi connectivity index (χ0n) is 19.3. The molecule has 1 N–H and O–H groups in total. The summed E-state index contributed by atoms with van der Waals surface area (Å²) in [6, 6.07) is 13.5. The predicted octanol–water partition coefficient (Wildman–Crippen LogP) is 4.86. The van der Waals surface area contributed by atoms with E-state index in [-0.39, 0.29) is 29.9 Å². The van der Waals surface area contributed by atoms with Crippen LogP contribution in [0.5, 0.6) is 0 Å². The van der Waals surface area contributed by atoms with E-state index in [2.05, 4.69) is 26.1 Å². The Hall–Kier alpha value is -2.66. The summed E-state index contributed by atoms with van der Waals surface area (Å²) in [6.45, 7) is 11.5. The number of benzene rings is 2. The molecule has 0 aromatic heterocycles. The number of rotatable bonds is 6. The van der Waals surface area contributed by atoms with E-state index in [1.165, 1.54) is 5.56 Å². The summed E-state index contributed by atoms with van der Waals surface area (Å²) in [4.78, 5) is 27.7. The van der Waals surface area contributed by atoms with Gasteiger partial charge < -0.3 is 15.0 Å². The largest absolute Gasteiger partial charge is 0.376 e. The Kier molecular flexibility index (Phi) is 7.16. The number of ether oxygens (including phenoxy) is 1. The highest BCUT2D eigenvalue weighted by atomic mass is 16.5. The van der Waals surface area contributed by atoms with Gasteiger partial charge in [0.1, 0.15) is 6.54 Å². The van der Waals surface area contributed by atoms with Crippen molar-refractivity contribution >= 4 is 17.5 Å². The third-order valence-electron chi connectivity index (χ3n) is 5.95. The van der Waals surface area contributed by atoms with Gasteiger partial charge in [-0.25, -0.2) is 0 Å². The number of nitrogens with zero attached hydrogens (tertiary/aromatic N) is 1. The number of hydrogen-bond donors (Lipinski definition) is 1. The molecule has 1 unspecified atom stereocenters. The molecular formula is C26H34N2O3. The summed E-state index contributed by atoms with van der Waals surface area (Å²) in [5.41, 5.74) is 4.71. The number of amides is 2. The van der Waals surface area contributed by atoms with Gasteiger partial charge in [0, 0.05) is 24.4 Å². The van der Waals surface area contributed by atoms with Crippen LogP contribution in [0.25, 0.3) is 0 Å². The molecule has 2 aromatic carbocycles. The molecule has 1 fully saturated rings. The van der Waals surface area contributed by atoms with E-state index in [0.29, 0.717) is 18.7 Å². The van der Waals surface area contributed by atoms with Crippen molar-refractivity contribution in [3.05, 3.63) is 64.7 Å². The standard InChI is InChI=1S/C26H34N2O3/c1-18-8-6-10-23(19(18)2)27-24(29)17-28(16-22-9-7-15-31-22)25(30)20-11-13-21(14-12-20)26(3,4)5/h6,8,10-14,22H,7,9,15-17H2,1-5H3,(H,27,29). The Morgan fingerprint density at radius 3 is 2.42 bits per heavy atom. The van der Waals surface area contributed by atoms with Crippen molar-refractivity contribution in [3.8, 4) is 0 Å². The second kappa shape index (κ2) is 9.65. The van der Waals surface area contributed by atoms with Crippen LogP contribution in [-0.4, -0.2) is 42.5 Å². The second-order valence-electron chi connectivity index (χ2n) is 9.44. The van der Waals surface area contributed by atoms with E-state index in [4.69, 9.17) is 4.74 Å². The molecular weight excluding hydrogens is 388 g/mol. The maximum atomic E-state index is 13.3. The number of aryl methyl sites for hydroxylation is 1. The molecule has 1 heterocycles. The highest BCUT2D eigenvalue weighted by Crippen LogP contribution is 2.23. The minimum absolute atomic E-state index is 0.00685. The second-order valence-corrected chi connectivity index (χ2v) is 9.44. The smallest absolute Gasteiger partial charge is 0.254 e. The first-order valence-electron chi connectivity index (χ1n) is 11.0. The SMILES string of the molecule is Cc1cccc(NC(=O)CN(CC2CCCO2)C(=O)c2ccc(C(C)(C)C)cc2)c1C. The number of anilines is 1. The topological polar surface area (TPSA) is 58.6 Å². The lowest BCUT2D eigenvalue weighted by Crippen LogP contribution is -2.42. The normalized spacial score (nSPS) is 16.2. The van der Waals surface area contributed by atoms with Crippen LogP contribution in [0.1, 0.15) is 60.7 Å². The van der Waals surface area contributed by atoms with Crippen molar-refractivity contribution in [1.29, 1.82) is 0 Å². The van der Waals surface area contributed by atoms with E-state index in [9.17, 15) is 9.59 Å². The van der Waals surface area contributed by atoms with Crippen molar-refractivity contribution in [2.45, 2.75) is 59.0 Å². The molecule has 31 heavy (non-hydrogen) atoms. The lowest BCUT2D eigenvalue weighted by Gasteiger charge is -2.26. The van der Waals surface area contributed by atoms with Gasteiger partial charge in [-0.05, 0) is 67.0 Å². The summed E-state index contributed by atoms with van der Waals surface area (Å²) in [7, 11) is 0. The van der Waals surface area contributed by atoms with Crippen LogP contribution >= 0.6 is 0 Å². The fourth-order valence-electron chi connectivity index (χ4n) is 3.80. The number of carbonyl (C=O) groups excluding carboxylic acids is 2. The summed E-state index contributed by atoms with van der Waals surface area (Å²) in [6.07, 6.45) is 1.87. The van der Waals surface area contributed by atoms with E-state index in [1.54, 1.807) is 4.90 Å². The molecule has 1 saturated heterocycles. The summed E-state index contributed by atoms with van der Waals surface area (Å²) >= 11 is 0. The molecule has 0 bridgehead atoms. The number of hydrogen-bond acceptors (Lipinski definition) is 3. The highest BCUT2D eigenvalue weighted by Gasteiger charge is 2.26. The fraction of sp³-hybridized carbons (Fsp3) is 0.462. The van der Waals surface area contributed by atoms with Crippen LogP contribution in [0.4, 0.5) is 5.69 Å². The fourth-order valence-corrected chi connectivity index (χ4v) is 3.80. The number of nitrogens with one attached hydrogen (secondary N) is 1. The van der Waals surface area contributed by atoms with E-state index >= 15 is 0 Å².